The molecule has 1 amide bonds. The highest BCUT2D eigenvalue weighted by molar-refractivity contribution is 7.20. The Hall–Kier alpha value is -3.49. The van der Waals surface area contributed by atoms with Gasteiger partial charge in [-0.2, -0.15) is 0 Å². The van der Waals surface area contributed by atoms with E-state index in [2.05, 4.69) is 10.3 Å². The summed E-state index contributed by atoms with van der Waals surface area (Å²) in [5, 5.41) is 3.57. The number of hydrogen-bond acceptors (Lipinski definition) is 6. The van der Waals surface area contributed by atoms with Crippen molar-refractivity contribution in [3.63, 3.8) is 0 Å². The van der Waals surface area contributed by atoms with Gasteiger partial charge in [-0.25, -0.2) is 9.78 Å². The number of carbonyl (C=O) groups is 2. The van der Waals surface area contributed by atoms with Crippen LogP contribution in [0, 0.1) is 13.8 Å². The smallest absolute Gasteiger partial charge is 0.349 e. The van der Waals surface area contributed by atoms with Crippen LogP contribution in [0.5, 0.6) is 0 Å². The van der Waals surface area contributed by atoms with Crippen LogP contribution < -0.4 is 10.9 Å². The molecule has 0 atom stereocenters. The molecule has 0 fully saturated rings. The summed E-state index contributed by atoms with van der Waals surface area (Å²) in [6.45, 7) is 3.44. The number of nitrogens with zero attached hydrogens (tertiary/aromatic N) is 2. The molecule has 2 heterocycles. The van der Waals surface area contributed by atoms with Crippen LogP contribution >= 0.6 is 22.9 Å². The largest absolute Gasteiger partial charge is 0.457 e. The quantitative estimate of drug-likeness (QED) is 0.402. The molecule has 33 heavy (non-hydrogen) atoms. The third-order valence-electron chi connectivity index (χ3n) is 5.10. The number of benzene rings is 2. The summed E-state index contributed by atoms with van der Waals surface area (Å²) in [4.78, 5) is 43.2. The van der Waals surface area contributed by atoms with E-state index in [1.165, 1.54) is 10.9 Å². The standard InChI is InChI=1S/C24H20ClN3O4S/c1-14-8-9-17(25)10-18(14)27-19(29)11-28-13-26-22-20(23(28)30)15(2)21(33-22)24(31)32-12-16-6-4-3-5-7-16/h3-10,13H,11-12H2,1-2H3,(H,27,29). The van der Waals surface area contributed by atoms with Crippen molar-refractivity contribution in [3.8, 4) is 0 Å². The summed E-state index contributed by atoms with van der Waals surface area (Å²) in [5.74, 6) is -0.904. The number of amides is 1. The number of aryl methyl sites for hydroxylation is 2. The van der Waals surface area contributed by atoms with Crippen LogP contribution in [-0.2, 0) is 22.7 Å². The first kappa shape index (κ1) is 22.7. The zero-order chi connectivity index (χ0) is 23.5. The fourth-order valence-electron chi connectivity index (χ4n) is 3.33. The molecule has 9 heteroatoms. The summed E-state index contributed by atoms with van der Waals surface area (Å²) in [6.07, 6.45) is 1.31. The molecule has 0 aliphatic heterocycles. The number of carbonyl (C=O) groups excluding carboxylic acids is 2. The molecule has 2 aromatic carbocycles. The Kier molecular flexibility index (Phi) is 6.57. The first-order chi connectivity index (χ1) is 15.8. The number of nitrogens with one attached hydrogen (secondary N) is 1. The molecule has 0 aliphatic rings. The van der Waals surface area contributed by atoms with Gasteiger partial charge in [-0.05, 0) is 42.7 Å². The molecule has 0 saturated heterocycles. The highest BCUT2D eigenvalue weighted by Gasteiger charge is 2.21. The van der Waals surface area contributed by atoms with E-state index in [-0.39, 0.29) is 19.1 Å². The Balaban J connectivity index is 1.54. The predicted molar refractivity (Wildman–Crippen MR) is 129 cm³/mol. The molecular weight excluding hydrogens is 462 g/mol. The van der Waals surface area contributed by atoms with Crippen molar-refractivity contribution in [1.29, 1.82) is 0 Å². The molecule has 0 radical (unpaired) electrons. The number of thiophene rings is 1. The zero-order valence-electron chi connectivity index (χ0n) is 17.9. The normalized spacial score (nSPS) is 10.9. The van der Waals surface area contributed by atoms with E-state index >= 15 is 0 Å². The molecule has 0 saturated carbocycles. The van der Waals surface area contributed by atoms with E-state index in [1.54, 1.807) is 25.1 Å². The van der Waals surface area contributed by atoms with Gasteiger partial charge in [0.1, 0.15) is 22.9 Å². The number of fused-ring (bicyclic) bond motifs is 1. The second-order valence-electron chi connectivity index (χ2n) is 7.48. The van der Waals surface area contributed by atoms with Gasteiger partial charge in [-0.3, -0.25) is 14.2 Å². The summed E-state index contributed by atoms with van der Waals surface area (Å²) in [7, 11) is 0. The second kappa shape index (κ2) is 9.56. The highest BCUT2D eigenvalue weighted by Crippen LogP contribution is 2.28. The van der Waals surface area contributed by atoms with Crippen molar-refractivity contribution in [2.45, 2.75) is 27.0 Å². The number of anilines is 1. The highest BCUT2D eigenvalue weighted by atomic mass is 35.5. The fraction of sp³-hybridized carbons (Fsp3) is 0.167. The average molecular weight is 482 g/mol. The van der Waals surface area contributed by atoms with Gasteiger partial charge in [0.2, 0.25) is 5.91 Å². The molecular formula is C24H20ClN3O4S. The molecule has 7 nitrogen and oxygen atoms in total. The van der Waals surface area contributed by atoms with E-state index in [1.807, 2.05) is 37.3 Å². The maximum Gasteiger partial charge on any atom is 0.349 e. The Bertz CT molecular complexity index is 1410. The Morgan fingerprint density at radius 1 is 1.15 bits per heavy atom. The SMILES string of the molecule is Cc1ccc(Cl)cc1NC(=O)Cn1cnc2sc(C(=O)OCc3ccccc3)c(C)c2c1=O. The van der Waals surface area contributed by atoms with Gasteiger partial charge in [0.15, 0.2) is 0 Å². The Labute approximate surface area is 198 Å². The van der Waals surface area contributed by atoms with Gasteiger partial charge in [0.25, 0.3) is 5.56 Å². The molecule has 0 spiro atoms. The minimum atomic E-state index is -0.514. The van der Waals surface area contributed by atoms with Crippen LogP contribution in [0.1, 0.15) is 26.4 Å². The van der Waals surface area contributed by atoms with Crippen LogP contribution in [0.4, 0.5) is 5.69 Å². The third-order valence-corrected chi connectivity index (χ3v) is 6.52. The summed E-state index contributed by atoms with van der Waals surface area (Å²) < 4.78 is 6.62. The van der Waals surface area contributed by atoms with Crippen LogP contribution in [0.15, 0.2) is 59.7 Å². The lowest BCUT2D eigenvalue weighted by Crippen LogP contribution is -2.28. The first-order valence-corrected chi connectivity index (χ1v) is 11.3. The second-order valence-corrected chi connectivity index (χ2v) is 8.92. The maximum absolute atomic E-state index is 13.0. The van der Waals surface area contributed by atoms with Gasteiger partial charge < -0.3 is 10.1 Å². The van der Waals surface area contributed by atoms with Gasteiger partial charge in [0.05, 0.1) is 11.7 Å². The molecule has 168 valence electrons. The fourth-order valence-corrected chi connectivity index (χ4v) is 4.53. The molecule has 1 N–H and O–H groups in total. The van der Waals surface area contributed by atoms with Gasteiger partial charge >= 0.3 is 5.97 Å². The summed E-state index contributed by atoms with van der Waals surface area (Å²) in [5.41, 5.74) is 2.39. The number of aromatic nitrogens is 2. The third kappa shape index (κ3) is 4.97. The van der Waals surface area contributed by atoms with Gasteiger partial charge in [-0.1, -0.05) is 48.0 Å². The predicted octanol–water partition coefficient (Wildman–Crippen LogP) is 4.72. The van der Waals surface area contributed by atoms with Gasteiger partial charge in [0, 0.05) is 10.7 Å². The molecule has 4 aromatic rings. The molecule has 2 aromatic heterocycles. The minimum Gasteiger partial charge on any atom is -0.457 e. The number of rotatable bonds is 6. The van der Waals surface area contributed by atoms with Crippen molar-refractivity contribution in [2.75, 3.05) is 5.32 Å². The molecule has 0 unspecified atom stereocenters. The van der Waals surface area contributed by atoms with Crippen LogP contribution in [0.25, 0.3) is 10.2 Å². The van der Waals surface area contributed by atoms with E-state index < -0.39 is 11.5 Å². The van der Waals surface area contributed by atoms with Crippen molar-refractivity contribution in [1.82, 2.24) is 9.55 Å². The van der Waals surface area contributed by atoms with Crippen molar-refractivity contribution in [2.24, 2.45) is 0 Å². The average Bonchev–Trinajstić information content (AvgIpc) is 3.14. The van der Waals surface area contributed by atoms with Crippen LogP contribution in [-0.4, -0.2) is 21.4 Å². The lowest BCUT2D eigenvalue weighted by atomic mass is 10.2. The summed E-state index contributed by atoms with van der Waals surface area (Å²) >= 11 is 7.10. The molecule has 0 aliphatic carbocycles. The van der Waals surface area contributed by atoms with E-state index in [9.17, 15) is 14.4 Å². The van der Waals surface area contributed by atoms with E-state index in [4.69, 9.17) is 16.3 Å². The topological polar surface area (TPSA) is 90.3 Å². The van der Waals surface area contributed by atoms with Crippen molar-refractivity contribution in [3.05, 3.63) is 91.8 Å². The number of halogens is 1. The summed E-state index contributed by atoms with van der Waals surface area (Å²) in [6, 6.07) is 14.5. The monoisotopic (exact) mass is 481 g/mol. The Morgan fingerprint density at radius 2 is 1.91 bits per heavy atom. The number of hydrogen-bond donors (Lipinski definition) is 1. The van der Waals surface area contributed by atoms with Crippen LogP contribution in [0.3, 0.4) is 0 Å². The molecule has 4 rings (SSSR count). The first-order valence-electron chi connectivity index (χ1n) is 10.1. The lowest BCUT2D eigenvalue weighted by Gasteiger charge is -2.10. The van der Waals surface area contributed by atoms with E-state index in [0.717, 1.165) is 22.5 Å². The zero-order valence-corrected chi connectivity index (χ0v) is 19.5. The van der Waals surface area contributed by atoms with Crippen molar-refractivity contribution < 1.29 is 14.3 Å². The van der Waals surface area contributed by atoms with E-state index in [0.29, 0.717) is 31.4 Å². The van der Waals surface area contributed by atoms with Crippen LogP contribution in [0.2, 0.25) is 5.02 Å². The van der Waals surface area contributed by atoms with Crippen molar-refractivity contribution >= 4 is 50.7 Å². The minimum absolute atomic E-state index is 0.133. The lowest BCUT2D eigenvalue weighted by molar-refractivity contribution is -0.116. The maximum atomic E-state index is 13.0. The number of esters is 1. The number of ether oxygens (including phenoxy) is 1. The Morgan fingerprint density at radius 3 is 2.67 bits per heavy atom. The van der Waals surface area contributed by atoms with Gasteiger partial charge in [-0.15, -0.1) is 11.3 Å². The molecule has 0 bridgehead atoms.